The van der Waals surface area contributed by atoms with Gasteiger partial charge in [-0.1, -0.05) is 6.42 Å². The molecule has 2 atom stereocenters. The number of nitrogen functional groups attached to an aromatic ring is 1. The second-order valence-electron chi connectivity index (χ2n) is 4.87. The Hall–Kier alpha value is -1.32. The van der Waals surface area contributed by atoms with Crippen LogP contribution in [0.4, 0.5) is 11.8 Å². The Morgan fingerprint density at radius 1 is 1.25 bits per heavy atom. The third kappa shape index (κ3) is 1.62. The van der Waals surface area contributed by atoms with Gasteiger partial charge in [0.05, 0.1) is 0 Å². The molecule has 0 amide bonds. The van der Waals surface area contributed by atoms with E-state index in [0.29, 0.717) is 12.0 Å². The highest BCUT2D eigenvalue weighted by atomic mass is 15.2. The summed E-state index contributed by atoms with van der Waals surface area (Å²) in [6.45, 7) is 1.12. The van der Waals surface area contributed by atoms with Crippen LogP contribution < -0.4 is 10.6 Å². The normalized spacial score (nSPS) is 29.1. The van der Waals surface area contributed by atoms with Crippen molar-refractivity contribution in [3.63, 3.8) is 0 Å². The molecule has 1 aromatic heterocycles. The Morgan fingerprint density at radius 2 is 2.12 bits per heavy atom. The molecule has 3 rings (SSSR count). The van der Waals surface area contributed by atoms with Gasteiger partial charge < -0.3 is 10.6 Å². The maximum absolute atomic E-state index is 5.65. The molecule has 1 saturated heterocycles. The smallest absolute Gasteiger partial charge is 0.221 e. The number of fused-ring (bicyclic) bond motifs is 1. The van der Waals surface area contributed by atoms with E-state index < -0.39 is 0 Å². The molecule has 1 aliphatic carbocycles. The van der Waals surface area contributed by atoms with E-state index in [0.717, 1.165) is 18.3 Å². The van der Waals surface area contributed by atoms with Crippen molar-refractivity contribution in [3.8, 4) is 0 Å². The van der Waals surface area contributed by atoms with Gasteiger partial charge in [-0.25, -0.2) is 4.98 Å². The summed E-state index contributed by atoms with van der Waals surface area (Å²) in [6.07, 6.45) is 8.51. The van der Waals surface area contributed by atoms with Crippen molar-refractivity contribution in [3.05, 3.63) is 12.3 Å². The van der Waals surface area contributed by atoms with Crippen LogP contribution in [0.1, 0.15) is 32.1 Å². The topological polar surface area (TPSA) is 55.0 Å². The lowest BCUT2D eigenvalue weighted by atomic mass is 9.92. The Bertz CT molecular complexity index is 379. The molecule has 2 N–H and O–H groups in total. The van der Waals surface area contributed by atoms with Gasteiger partial charge in [0.25, 0.3) is 0 Å². The Balaban J connectivity index is 1.88. The lowest BCUT2D eigenvalue weighted by Gasteiger charge is -2.38. The second kappa shape index (κ2) is 3.92. The first-order chi connectivity index (χ1) is 7.84. The number of aromatic nitrogens is 2. The van der Waals surface area contributed by atoms with Gasteiger partial charge in [-0.05, 0) is 37.7 Å². The van der Waals surface area contributed by atoms with E-state index in [1.54, 1.807) is 6.20 Å². The highest BCUT2D eigenvalue weighted by molar-refractivity contribution is 5.43. The molecule has 4 nitrogen and oxygen atoms in total. The fraction of sp³-hybridized carbons (Fsp3) is 0.667. The molecule has 2 aliphatic rings. The van der Waals surface area contributed by atoms with Gasteiger partial charge in [0.1, 0.15) is 5.82 Å². The molecular weight excluding hydrogens is 200 g/mol. The Labute approximate surface area is 95.9 Å². The van der Waals surface area contributed by atoms with Gasteiger partial charge in [-0.15, -0.1) is 0 Å². The summed E-state index contributed by atoms with van der Waals surface area (Å²) in [5, 5.41) is 0. The molecule has 2 fully saturated rings. The molecule has 4 heteroatoms. The van der Waals surface area contributed by atoms with Gasteiger partial charge in [0.2, 0.25) is 5.95 Å². The average Bonchev–Trinajstić information content (AvgIpc) is 2.76. The summed E-state index contributed by atoms with van der Waals surface area (Å²) in [7, 11) is 0. The van der Waals surface area contributed by atoms with Crippen molar-refractivity contribution in [1.29, 1.82) is 0 Å². The predicted molar refractivity (Wildman–Crippen MR) is 64.2 cm³/mol. The lowest BCUT2D eigenvalue weighted by Crippen LogP contribution is -2.43. The molecule has 1 saturated carbocycles. The van der Waals surface area contributed by atoms with Crippen LogP contribution in [0, 0.1) is 5.92 Å². The highest BCUT2D eigenvalue weighted by Crippen LogP contribution is 2.38. The number of nitrogens with zero attached hydrogens (tertiary/aromatic N) is 3. The molecule has 2 heterocycles. The summed E-state index contributed by atoms with van der Waals surface area (Å²) >= 11 is 0. The summed E-state index contributed by atoms with van der Waals surface area (Å²) in [6, 6.07) is 2.68. The number of rotatable bonds is 1. The number of piperidine rings is 1. The molecule has 86 valence electrons. The van der Waals surface area contributed by atoms with Crippen LogP contribution in [0.5, 0.6) is 0 Å². The Morgan fingerprint density at radius 3 is 3.00 bits per heavy atom. The van der Waals surface area contributed by atoms with E-state index in [9.17, 15) is 0 Å². The first-order valence-electron chi connectivity index (χ1n) is 6.20. The van der Waals surface area contributed by atoms with Crippen LogP contribution in [0.3, 0.4) is 0 Å². The molecule has 0 spiro atoms. The minimum Gasteiger partial charge on any atom is -0.368 e. The number of anilines is 2. The van der Waals surface area contributed by atoms with Crippen LogP contribution in [0.25, 0.3) is 0 Å². The molecule has 1 aliphatic heterocycles. The first kappa shape index (κ1) is 9.87. The summed E-state index contributed by atoms with van der Waals surface area (Å²) < 4.78 is 0. The maximum Gasteiger partial charge on any atom is 0.221 e. The Kier molecular flexibility index (Phi) is 2.42. The van der Waals surface area contributed by atoms with Crippen molar-refractivity contribution in [2.75, 3.05) is 17.2 Å². The zero-order chi connectivity index (χ0) is 11.0. The second-order valence-corrected chi connectivity index (χ2v) is 4.87. The fourth-order valence-electron chi connectivity index (χ4n) is 3.26. The van der Waals surface area contributed by atoms with Gasteiger partial charge in [-0.2, -0.15) is 4.98 Å². The van der Waals surface area contributed by atoms with E-state index in [1.165, 1.54) is 32.1 Å². The van der Waals surface area contributed by atoms with Crippen molar-refractivity contribution in [2.24, 2.45) is 5.92 Å². The van der Waals surface area contributed by atoms with Crippen molar-refractivity contribution >= 4 is 11.8 Å². The molecular formula is C12H18N4. The maximum atomic E-state index is 5.65. The average molecular weight is 218 g/mol. The van der Waals surface area contributed by atoms with Crippen LogP contribution in [-0.4, -0.2) is 22.6 Å². The van der Waals surface area contributed by atoms with Crippen LogP contribution in [0.2, 0.25) is 0 Å². The van der Waals surface area contributed by atoms with E-state index in [1.807, 2.05) is 6.07 Å². The lowest BCUT2D eigenvalue weighted by molar-refractivity contribution is 0.360. The highest BCUT2D eigenvalue weighted by Gasteiger charge is 2.35. The number of hydrogen-bond donors (Lipinski definition) is 1. The third-order valence-electron chi connectivity index (χ3n) is 3.95. The minimum absolute atomic E-state index is 0.387. The number of hydrogen-bond acceptors (Lipinski definition) is 4. The first-order valence-corrected chi connectivity index (χ1v) is 6.20. The SMILES string of the molecule is Nc1nccc(N2CCCC3CCCC32)n1. The largest absolute Gasteiger partial charge is 0.368 e. The summed E-state index contributed by atoms with van der Waals surface area (Å²) in [5.74, 6) is 2.28. The molecule has 0 aromatic carbocycles. The van der Waals surface area contributed by atoms with Crippen LogP contribution in [-0.2, 0) is 0 Å². The molecule has 1 aromatic rings. The zero-order valence-corrected chi connectivity index (χ0v) is 9.47. The minimum atomic E-state index is 0.387. The van der Waals surface area contributed by atoms with Crippen LogP contribution in [0.15, 0.2) is 12.3 Å². The van der Waals surface area contributed by atoms with Gasteiger partial charge in [0.15, 0.2) is 0 Å². The number of nitrogens with two attached hydrogens (primary N) is 1. The molecule has 2 unspecified atom stereocenters. The van der Waals surface area contributed by atoms with Crippen molar-refractivity contribution in [2.45, 2.75) is 38.1 Å². The molecule has 16 heavy (non-hydrogen) atoms. The van der Waals surface area contributed by atoms with E-state index >= 15 is 0 Å². The standard InChI is InChI=1S/C12H18N4/c13-12-14-7-6-11(15-12)16-8-2-4-9-3-1-5-10(9)16/h6-7,9-10H,1-5,8H2,(H2,13,14,15). The van der Waals surface area contributed by atoms with Crippen molar-refractivity contribution in [1.82, 2.24) is 9.97 Å². The van der Waals surface area contributed by atoms with Gasteiger partial charge in [-0.3, -0.25) is 0 Å². The quantitative estimate of drug-likeness (QED) is 0.781. The fourth-order valence-corrected chi connectivity index (χ4v) is 3.26. The van der Waals surface area contributed by atoms with Gasteiger partial charge in [0, 0.05) is 18.8 Å². The van der Waals surface area contributed by atoms with E-state index in [-0.39, 0.29) is 0 Å². The van der Waals surface area contributed by atoms with Crippen molar-refractivity contribution < 1.29 is 0 Å². The monoisotopic (exact) mass is 218 g/mol. The molecule has 0 bridgehead atoms. The zero-order valence-electron chi connectivity index (χ0n) is 9.47. The van der Waals surface area contributed by atoms with E-state index in [4.69, 9.17) is 5.73 Å². The van der Waals surface area contributed by atoms with Crippen LogP contribution >= 0.6 is 0 Å². The van der Waals surface area contributed by atoms with E-state index in [2.05, 4.69) is 14.9 Å². The van der Waals surface area contributed by atoms with Gasteiger partial charge >= 0.3 is 0 Å². The third-order valence-corrected chi connectivity index (χ3v) is 3.95. The summed E-state index contributed by atoms with van der Waals surface area (Å²) in [5.41, 5.74) is 5.65. The predicted octanol–water partition coefficient (Wildman–Crippen LogP) is 1.83. The molecule has 0 radical (unpaired) electrons. The summed E-state index contributed by atoms with van der Waals surface area (Å²) in [4.78, 5) is 10.8.